The van der Waals surface area contributed by atoms with Crippen molar-refractivity contribution in [1.29, 1.82) is 0 Å². The highest BCUT2D eigenvalue weighted by atomic mass is 32.1. The predicted octanol–water partition coefficient (Wildman–Crippen LogP) is 2.64. The van der Waals surface area contributed by atoms with Gasteiger partial charge in [0.1, 0.15) is 5.69 Å². The van der Waals surface area contributed by atoms with Crippen LogP contribution in [0, 0.1) is 0 Å². The highest BCUT2D eigenvalue weighted by Crippen LogP contribution is 2.32. The third-order valence-corrected chi connectivity index (χ3v) is 3.59. The van der Waals surface area contributed by atoms with E-state index in [2.05, 4.69) is 19.0 Å². The molecule has 0 aromatic carbocycles. The van der Waals surface area contributed by atoms with E-state index in [4.69, 9.17) is 9.63 Å². The molecule has 0 bridgehead atoms. The summed E-state index contributed by atoms with van der Waals surface area (Å²) in [4.78, 5) is 11.8. The van der Waals surface area contributed by atoms with E-state index < -0.39 is 5.97 Å². The van der Waals surface area contributed by atoms with Gasteiger partial charge in [0.25, 0.3) is 0 Å². The summed E-state index contributed by atoms with van der Waals surface area (Å²) in [6.45, 7) is 4.18. The summed E-state index contributed by atoms with van der Waals surface area (Å²) in [6.07, 6.45) is -0.0783. The number of fused-ring (bicyclic) bond motifs is 1. The van der Waals surface area contributed by atoms with Crippen LogP contribution in [0.5, 0.6) is 0 Å². The molecular formula is C10H11NO3S. The van der Waals surface area contributed by atoms with Crippen LogP contribution >= 0.6 is 11.3 Å². The van der Waals surface area contributed by atoms with E-state index in [1.54, 1.807) is 11.3 Å². The van der Waals surface area contributed by atoms with Crippen molar-refractivity contribution in [3.8, 4) is 0 Å². The number of carboxylic acids is 1. The van der Waals surface area contributed by atoms with Gasteiger partial charge in [-0.2, -0.15) is 0 Å². The van der Waals surface area contributed by atoms with Crippen molar-refractivity contribution < 1.29 is 14.4 Å². The Morgan fingerprint density at radius 2 is 2.40 bits per heavy atom. The van der Waals surface area contributed by atoms with Crippen molar-refractivity contribution in [1.82, 2.24) is 5.16 Å². The van der Waals surface area contributed by atoms with Crippen LogP contribution in [0.2, 0.25) is 0 Å². The Balaban J connectivity index is 2.44. The van der Waals surface area contributed by atoms with Crippen molar-refractivity contribution in [3.05, 3.63) is 16.6 Å². The van der Waals surface area contributed by atoms with Crippen LogP contribution in [0.4, 0.5) is 0 Å². The lowest BCUT2D eigenvalue weighted by atomic mass is 10.2. The van der Waals surface area contributed by atoms with Gasteiger partial charge in [0.05, 0.1) is 11.1 Å². The van der Waals surface area contributed by atoms with Crippen molar-refractivity contribution >= 4 is 27.6 Å². The third-order valence-electron chi connectivity index (χ3n) is 2.12. The fourth-order valence-electron chi connectivity index (χ4n) is 1.35. The molecule has 0 aliphatic heterocycles. The lowest BCUT2D eigenvalue weighted by Gasteiger charge is -1.96. The summed E-state index contributed by atoms with van der Waals surface area (Å²) in [5.74, 6) is -0.458. The maximum absolute atomic E-state index is 10.6. The number of carbonyl (C=O) groups is 1. The quantitative estimate of drug-likeness (QED) is 0.872. The van der Waals surface area contributed by atoms with Gasteiger partial charge < -0.3 is 9.63 Å². The van der Waals surface area contributed by atoms with E-state index in [1.165, 1.54) is 4.88 Å². The molecule has 4 nitrogen and oxygen atoms in total. The Bertz CT molecular complexity index is 498. The molecule has 0 atom stereocenters. The molecule has 0 fully saturated rings. The number of aromatic nitrogens is 1. The molecule has 0 aliphatic rings. The molecule has 0 amide bonds. The van der Waals surface area contributed by atoms with E-state index >= 15 is 0 Å². The van der Waals surface area contributed by atoms with Crippen molar-refractivity contribution in [2.24, 2.45) is 0 Å². The molecule has 2 heterocycles. The molecule has 2 aromatic heterocycles. The minimum atomic E-state index is -0.885. The van der Waals surface area contributed by atoms with Crippen molar-refractivity contribution in [2.75, 3.05) is 0 Å². The Labute approximate surface area is 90.5 Å². The van der Waals surface area contributed by atoms with Crippen molar-refractivity contribution in [3.63, 3.8) is 0 Å². The molecule has 0 saturated heterocycles. The van der Waals surface area contributed by atoms with E-state index in [-0.39, 0.29) is 6.42 Å². The van der Waals surface area contributed by atoms with Crippen LogP contribution in [0.25, 0.3) is 10.3 Å². The number of carboxylic acid groups (broad SMARTS) is 1. The second-order valence-electron chi connectivity index (χ2n) is 3.70. The summed E-state index contributed by atoms with van der Waals surface area (Å²) in [7, 11) is 0. The van der Waals surface area contributed by atoms with Gasteiger partial charge in [-0.15, -0.1) is 11.3 Å². The number of rotatable bonds is 3. The molecule has 15 heavy (non-hydrogen) atoms. The smallest absolute Gasteiger partial charge is 0.309 e. The first-order chi connectivity index (χ1) is 7.08. The van der Waals surface area contributed by atoms with Crippen LogP contribution in [0.1, 0.15) is 30.3 Å². The first-order valence-corrected chi connectivity index (χ1v) is 5.49. The van der Waals surface area contributed by atoms with Crippen LogP contribution in [0.3, 0.4) is 0 Å². The molecule has 0 saturated carbocycles. The molecule has 2 aromatic rings. The van der Waals surface area contributed by atoms with Gasteiger partial charge in [-0.05, 0) is 12.0 Å². The standard InChI is InChI=1S/C10H11NO3S/c1-5(2)8-4-7-10(15-8)6(11-14-7)3-9(12)13/h4-5H,3H2,1-2H3,(H,12,13). The van der Waals surface area contributed by atoms with Gasteiger partial charge in [0.2, 0.25) is 0 Å². The number of hydrogen-bond donors (Lipinski definition) is 1. The third kappa shape index (κ3) is 1.87. The van der Waals surface area contributed by atoms with Crippen LogP contribution in [-0.4, -0.2) is 16.2 Å². The lowest BCUT2D eigenvalue weighted by molar-refractivity contribution is -0.136. The van der Waals surface area contributed by atoms with E-state index in [9.17, 15) is 4.79 Å². The molecule has 80 valence electrons. The van der Waals surface area contributed by atoms with Gasteiger partial charge in [-0.3, -0.25) is 4.79 Å². The lowest BCUT2D eigenvalue weighted by Crippen LogP contribution is -1.99. The fourth-order valence-corrected chi connectivity index (χ4v) is 2.41. The normalized spacial score (nSPS) is 11.4. The summed E-state index contributed by atoms with van der Waals surface area (Å²) in [6, 6.07) is 1.93. The Hall–Kier alpha value is -1.36. The van der Waals surface area contributed by atoms with Crippen LogP contribution in [0.15, 0.2) is 10.6 Å². The second kappa shape index (κ2) is 3.66. The molecule has 1 N–H and O–H groups in total. The largest absolute Gasteiger partial charge is 0.481 e. The van der Waals surface area contributed by atoms with E-state index in [0.717, 1.165) is 4.70 Å². The minimum Gasteiger partial charge on any atom is -0.481 e. The highest BCUT2D eigenvalue weighted by Gasteiger charge is 2.16. The van der Waals surface area contributed by atoms with Crippen LogP contribution < -0.4 is 0 Å². The minimum absolute atomic E-state index is 0.0783. The van der Waals surface area contributed by atoms with Gasteiger partial charge in [0, 0.05) is 4.88 Å². The van der Waals surface area contributed by atoms with E-state index in [0.29, 0.717) is 17.2 Å². The van der Waals surface area contributed by atoms with Crippen LogP contribution in [-0.2, 0) is 11.2 Å². The zero-order valence-electron chi connectivity index (χ0n) is 8.48. The fraction of sp³-hybridized carbons (Fsp3) is 0.400. The zero-order valence-corrected chi connectivity index (χ0v) is 9.30. The molecule has 0 unspecified atom stereocenters. The number of thiophene rings is 1. The number of hydrogen-bond acceptors (Lipinski definition) is 4. The summed E-state index contributed by atoms with van der Waals surface area (Å²) in [5, 5.41) is 12.4. The average molecular weight is 225 g/mol. The molecule has 2 rings (SSSR count). The SMILES string of the molecule is CC(C)c1cc2onc(CC(=O)O)c2s1. The first kappa shape index (κ1) is 10.2. The van der Waals surface area contributed by atoms with Gasteiger partial charge in [0.15, 0.2) is 5.58 Å². The maximum atomic E-state index is 10.6. The van der Waals surface area contributed by atoms with E-state index in [1.807, 2.05) is 6.07 Å². The second-order valence-corrected chi connectivity index (χ2v) is 4.78. The first-order valence-electron chi connectivity index (χ1n) is 4.67. The van der Waals surface area contributed by atoms with Gasteiger partial charge >= 0.3 is 5.97 Å². The monoisotopic (exact) mass is 225 g/mol. The Morgan fingerprint density at radius 1 is 1.67 bits per heavy atom. The molecule has 0 radical (unpaired) electrons. The predicted molar refractivity (Wildman–Crippen MR) is 57.3 cm³/mol. The molecular weight excluding hydrogens is 214 g/mol. The zero-order chi connectivity index (χ0) is 11.0. The Kier molecular flexibility index (Phi) is 2.48. The maximum Gasteiger partial charge on any atom is 0.309 e. The summed E-state index contributed by atoms with van der Waals surface area (Å²) >= 11 is 1.56. The topological polar surface area (TPSA) is 63.3 Å². The molecule has 0 spiro atoms. The van der Waals surface area contributed by atoms with Gasteiger partial charge in [-0.25, -0.2) is 0 Å². The summed E-state index contributed by atoms with van der Waals surface area (Å²) < 4.78 is 5.94. The number of aliphatic carboxylic acids is 1. The Morgan fingerprint density at radius 3 is 3.00 bits per heavy atom. The summed E-state index contributed by atoms with van der Waals surface area (Å²) in [5.41, 5.74) is 1.22. The molecule has 5 heteroatoms. The highest BCUT2D eigenvalue weighted by molar-refractivity contribution is 7.19. The molecule has 0 aliphatic carbocycles. The average Bonchev–Trinajstić information content (AvgIpc) is 2.66. The van der Waals surface area contributed by atoms with Crippen molar-refractivity contribution in [2.45, 2.75) is 26.2 Å². The number of nitrogens with zero attached hydrogens (tertiary/aromatic N) is 1. The van der Waals surface area contributed by atoms with Gasteiger partial charge in [-0.1, -0.05) is 19.0 Å².